The second-order valence-corrected chi connectivity index (χ2v) is 7.82. The van der Waals surface area contributed by atoms with Gasteiger partial charge in [0.15, 0.2) is 0 Å². The van der Waals surface area contributed by atoms with Crippen LogP contribution in [0.5, 0.6) is 0 Å². The van der Waals surface area contributed by atoms with Crippen LogP contribution in [0.2, 0.25) is 0 Å². The Labute approximate surface area is 140 Å². The van der Waals surface area contributed by atoms with Crippen LogP contribution < -0.4 is 10.4 Å². The fourth-order valence-electron chi connectivity index (χ4n) is 3.02. The molecule has 2 heteroatoms. The third-order valence-corrected chi connectivity index (χ3v) is 6.25. The minimum atomic E-state index is -1.74. The SMILES string of the molecule is Cc1ccc([Si](O)c2ccc(C)c(-c3ccccc3)c2C)cc1. The lowest BCUT2D eigenvalue weighted by Gasteiger charge is -2.17. The summed E-state index contributed by atoms with van der Waals surface area (Å²) in [5.41, 5.74) is 6.10. The van der Waals surface area contributed by atoms with Gasteiger partial charge >= 0.3 is 0 Å². The molecule has 1 radical (unpaired) electrons. The van der Waals surface area contributed by atoms with Crippen LogP contribution in [0, 0.1) is 20.8 Å². The summed E-state index contributed by atoms with van der Waals surface area (Å²) in [4.78, 5) is 10.9. The molecule has 0 aromatic heterocycles. The van der Waals surface area contributed by atoms with Crippen molar-refractivity contribution in [1.29, 1.82) is 0 Å². The average Bonchev–Trinajstić information content (AvgIpc) is 2.56. The molecule has 0 spiro atoms. The van der Waals surface area contributed by atoms with Gasteiger partial charge in [-0.1, -0.05) is 72.3 Å². The molecule has 3 aromatic carbocycles. The van der Waals surface area contributed by atoms with Crippen LogP contribution in [0.1, 0.15) is 16.7 Å². The molecule has 0 aliphatic rings. The summed E-state index contributed by atoms with van der Waals surface area (Å²) in [6.45, 7) is 6.33. The highest BCUT2D eigenvalue weighted by Crippen LogP contribution is 2.26. The van der Waals surface area contributed by atoms with Crippen molar-refractivity contribution in [3.8, 4) is 11.1 Å². The van der Waals surface area contributed by atoms with E-state index in [1.807, 2.05) is 18.2 Å². The monoisotopic (exact) mass is 317 g/mol. The fraction of sp³-hybridized carbons (Fsp3) is 0.143. The third kappa shape index (κ3) is 3.14. The molecule has 0 heterocycles. The van der Waals surface area contributed by atoms with E-state index in [2.05, 4.69) is 69.3 Å². The maximum Gasteiger partial charge on any atom is 0.280 e. The van der Waals surface area contributed by atoms with Gasteiger partial charge in [-0.25, -0.2) is 0 Å². The van der Waals surface area contributed by atoms with Gasteiger partial charge in [0.05, 0.1) is 0 Å². The lowest BCUT2D eigenvalue weighted by molar-refractivity contribution is 0.600. The summed E-state index contributed by atoms with van der Waals surface area (Å²) in [7, 11) is -1.74. The highest BCUT2D eigenvalue weighted by molar-refractivity contribution is 6.79. The Hall–Kier alpha value is -2.16. The predicted octanol–water partition coefficient (Wildman–Crippen LogP) is 3.38. The number of aryl methyl sites for hydroxylation is 2. The van der Waals surface area contributed by atoms with Gasteiger partial charge in [-0.2, -0.15) is 0 Å². The first-order chi connectivity index (χ1) is 11.1. The topological polar surface area (TPSA) is 20.2 Å². The Morgan fingerprint density at radius 3 is 2.04 bits per heavy atom. The summed E-state index contributed by atoms with van der Waals surface area (Å²) >= 11 is 0. The van der Waals surface area contributed by atoms with Crippen molar-refractivity contribution >= 4 is 19.4 Å². The molecule has 23 heavy (non-hydrogen) atoms. The fourth-order valence-corrected chi connectivity index (χ4v) is 4.53. The van der Waals surface area contributed by atoms with E-state index in [0.717, 1.165) is 10.4 Å². The van der Waals surface area contributed by atoms with Gasteiger partial charge in [0, 0.05) is 0 Å². The van der Waals surface area contributed by atoms with Gasteiger partial charge in [0.2, 0.25) is 0 Å². The van der Waals surface area contributed by atoms with E-state index in [1.165, 1.54) is 27.8 Å². The zero-order chi connectivity index (χ0) is 16.4. The van der Waals surface area contributed by atoms with E-state index >= 15 is 0 Å². The molecule has 0 aliphatic carbocycles. The van der Waals surface area contributed by atoms with Crippen molar-refractivity contribution in [1.82, 2.24) is 0 Å². The van der Waals surface area contributed by atoms with Gasteiger partial charge in [-0.15, -0.1) is 0 Å². The molecule has 0 atom stereocenters. The van der Waals surface area contributed by atoms with Crippen LogP contribution in [-0.2, 0) is 0 Å². The smallest absolute Gasteiger partial charge is 0.280 e. The average molecular weight is 317 g/mol. The molecule has 0 saturated heterocycles. The lowest BCUT2D eigenvalue weighted by Crippen LogP contribution is -2.43. The zero-order valence-electron chi connectivity index (χ0n) is 13.8. The van der Waals surface area contributed by atoms with Crippen LogP contribution in [0.25, 0.3) is 11.1 Å². The van der Waals surface area contributed by atoms with Crippen molar-refractivity contribution in [2.75, 3.05) is 0 Å². The second kappa shape index (κ2) is 6.53. The molecule has 0 fully saturated rings. The van der Waals surface area contributed by atoms with Crippen molar-refractivity contribution in [3.05, 3.63) is 83.4 Å². The van der Waals surface area contributed by atoms with Crippen molar-refractivity contribution in [3.63, 3.8) is 0 Å². The number of hydrogen-bond donors (Lipinski definition) is 1. The molecule has 0 unspecified atom stereocenters. The molecular formula is C21H21OSi. The standard InChI is InChI=1S/C21H21OSi/c1-15-9-12-19(13-10-15)23(22)20-14-11-16(2)21(17(20)3)18-7-5-4-6-8-18/h4-14,22H,1-3H3. The Morgan fingerprint density at radius 1 is 0.739 bits per heavy atom. The molecule has 3 rings (SSSR count). The molecule has 0 bridgehead atoms. The summed E-state index contributed by atoms with van der Waals surface area (Å²) in [6.07, 6.45) is 0. The summed E-state index contributed by atoms with van der Waals surface area (Å²) in [5.74, 6) is 0. The molecule has 1 nitrogen and oxygen atoms in total. The summed E-state index contributed by atoms with van der Waals surface area (Å²) in [6, 6.07) is 22.9. The van der Waals surface area contributed by atoms with Crippen molar-refractivity contribution in [2.45, 2.75) is 20.8 Å². The Kier molecular flexibility index (Phi) is 4.46. The van der Waals surface area contributed by atoms with Crippen LogP contribution >= 0.6 is 0 Å². The minimum Gasteiger partial charge on any atom is -0.424 e. The minimum absolute atomic E-state index is 1.03. The largest absolute Gasteiger partial charge is 0.424 e. The van der Waals surface area contributed by atoms with E-state index in [0.29, 0.717) is 0 Å². The highest BCUT2D eigenvalue weighted by Gasteiger charge is 2.20. The predicted molar refractivity (Wildman–Crippen MR) is 99.8 cm³/mol. The second-order valence-electron chi connectivity index (χ2n) is 6.01. The van der Waals surface area contributed by atoms with E-state index in [-0.39, 0.29) is 0 Å². The van der Waals surface area contributed by atoms with Gasteiger partial charge in [0.1, 0.15) is 0 Å². The third-order valence-electron chi connectivity index (χ3n) is 4.32. The number of benzene rings is 3. The Balaban J connectivity index is 2.09. The molecular weight excluding hydrogens is 296 g/mol. The van der Waals surface area contributed by atoms with Crippen molar-refractivity contribution in [2.24, 2.45) is 0 Å². The Morgan fingerprint density at radius 2 is 1.39 bits per heavy atom. The van der Waals surface area contributed by atoms with E-state index in [4.69, 9.17) is 0 Å². The molecule has 115 valence electrons. The van der Waals surface area contributed by atoms with E-state index in [9.17, 15) is 4.80 Å². The number of hydrogen-bond acceptors (Lipinski definition) is 1. The molecule has 3 aromatic rings. The lowest BCUT2D eigenvalue weighted by atomic mass is 9.96. The highest BCUT2D eigenvalue weighted by atomic mass is 28.3. The van der Waals surface area contributed by atoms with Gasteiger partial charge < -0.3 is 4.80 Å². The maximum atomic E-state index is 10.9. The van der Waals surface area contributed by atoms with Crippen LogP contribution in [-0.4, -0.2) is 13.8 Å². The van der Waals surface area contributed by atoms with Gasteiger partial charge in [0.25, 0.3) is 9.04 Å². The molecule has 1 N–H and O–H groups in total. The van der Waals surface area contributed by atoms with Crippen LogP contribution in [0.3, 0.4) is 0 Å². The quantitative estimate of drug-likeness (QED) is 0.734. The normalized spacial score (nSPS) is 11.0. The molecule has 0 saturated carbocycles. The summed E-state index contributed by atoms with van der Waals surface area (Å²) < 4.78 is 0. The van der Waals surface area contributed by atoms with Crippen LogP contribution in [0.15, 0.2) is 66.7 Å². The zero-order valence-corrected chi connectivity index (χ0v) is 14.8. The number of rotatable bonds is 3. The van der Waals surface area contributed by atoms with E-state index in [1.54, 1.807) is 0 Å². The first-order valence-corrected chi connectivity index (χ1v) is 9.31. The van der Waals surface area contributed by atoms with E-state index < -0.39 is 9.04 Å². The van der Waals surface area contributed by atoms with Gasteiger partial charge in [-0.3, -0.25) is 0 Å². The van der Waals surface area contributed by atoms with Crippen LogP contribution in [0.4, 0.5) is 0 Å². The Bertz CT molecular complexity index is 807. The van der Waals surface area contributed by atoms with Crippen molar-refractivity contribution < 1.29 is 4.80 Å². The molecule has 0 amide bonds. The van der Waals surface area contributed by atoms with Gasteiger partial charge in [-0.05, 0) is 53.4 Å². The summed E-state index contributed by atoms with van der Waals surface area (Å²) in [5, 5.41) is 2.11. The maximum absolute atomic E-state index is 10.9. The first-order valence-electron chi connectivity index (χ1n) is 7.87. The first kappa shape index (κ1) is 15.7. The molecule has 0 aliphatic heterocycles.